The molecule has 0 bridgehead atoms. The third-order valence-electron chi connectivity index (χ3n) is 3.99. The van der Waals surface area contributed by atoms with Crippen molar-refractivity contribution in [2.75, 3.05) is 18.9 Å². The van der Waals surface area contributed by atoms with Gasteiger partial charge >= 0.3 is 0 Å². The Hall–Kier alpha value is -1.26. The van der Waals surface area contributed by atoms with Crippen LogP contribution in [0.5, 0.6) is 0 Å². The average Bonchev–Trinajstić information content (AvgIpc) is 2.86. The molecule has 0 radical (unpaired) electrons. The van der Waals surface area contributed by atoms with Crippen LogP contribution in [0, 0.1) is 0 Å². The van der Waals surface area contributed by atoms with E-state index in [1.54, 1.807) is 18.2 Å². The van der Waals surface area contributed by atoms with Gasteiger partial charge in [0.2, 0.25) is 0 Å². The van der Waals surface area contributed by atoms with Gasteiger partial charge in [-0.3, -0.25) is 4.79 Å². The molecule has 2 atom stereocenters. The number of hydrogen-bond donors (Lipinski definition) is 1. The molecule has 1 amide bonds. The summed E-state index contributed by atoms with van der Waals surface area (Å²) in [5, 5.41) is 0.551. The number of amides is 1. The number of nitrogens with two attached hydrogens (primary N) is 1. The Morgan fingerprint density at radius 3 is 3.05 bits per heavy atom. The minimum absolute atomic E-state index is 0.00522. The first kappa shape index (κ1) is 12.8. The van der Waals surface area contributed by atoms with Crippen molar-refractivity contribution in [1.29, 1.82) is 0 Å². The van der Waals surface area contributed by atoms with E-state index in [0.29, 0.717) is 29.4 Å². The van der Waals surface area contributed by atoms with Gasteiger partial charge in [-0.05, 0) is 37.5 Å². The molecule has 1 aliphatic heterocycles. The largest absolute Gasteiger partial charge is 0.398 e. The molecule has 2 aliphatic rings. The minimum atomic E-state index is -0.00522. The highest BCUT2D eigenvalue weighted by Gasteiger charge is 2.38. The molecule has 1 heterocycles. The molecule has 102 valence electrons. The molecule has 1 aromatic carbocycles. The number of fused-ring (bicyclic) bond motifs is 1. The molecule has 2 fully saturated rings. The normalized spacial score (nSPS) is 26.3. The smallest absolute Gasteiger partial charge is 0.256 e. The van der Waals surface area contributed by atoms with E-state index in [9.17, 15) is 4.79 Å². The van der Waals surface area contributed by atoms with Crippen molar-refractivity contribution in [2.45, 2.75) is 31.4 Å². The van der Waals surface area contributed by atoms with Crippen LogP contribution in [0.4, 0.5) is 5.69 Å². The van der Waals surface area contributed by atoms with Crippen LogP contribution in [0.1, 0.15) is 29.6 Å². The maximum absolute atomic E-state index is 12.6. The molecule has 2 N–H and O–H groups in total. The molecule has 1 saturated heterocycles. The van der Waals surface area contributed by atoms with Crippen molar-refractivity contribution >= 4 is 23.2 Å². The summed E-state index contributed by atoms with van der Waals surface area (Å²) < 4.78 is 5.72. The number of benzene rings is 1. The summed E-state index contributed by atoms with van der Waals surface area (Å²) in [6, 6.07) is 5.25. The summed E-state index contributed by atoms with van der Waals surface area (Å²) in [6.45, 7) is 1.25. The molecule has 0 spiro atoms. The number of ether oxygens (including phenoxy) is 1. The van der Waals surface area contributed by atoms with Gasteiger partial charge in [0.05, 0.1) is 24.3 Å². The number of anilines is 1. The van der Waals surface area contributed by atoms with E-state index in [-0.39, 0.29) is 18.1 Å². The molecular weight excluding hydrogens is 264 g/mol. The number of nitrogen functional groups attached to an aromatic ring is 1. The van der Waals surface area contributed by atoms with Gasteiger partial charge in [-0.25, -0.2) is 0 Å². The van der Waals surface area contributed by atoms with Crippen LogP contribution in [-0.4, -0.2) is 36.1 Å². The van der Waals surface area contributed by atoms with E-state index in [0.717, 1.165) is 19.3 Å². The van der Waals surface area contributed by atoms with Crippen LogP contribution in [0.2, 0.25) is 5.02 Å². The van der Waals surface area contributed by atoms with Crippen LogP contribution >= 0.6 is 11.6 Å². The third kappa shape index (κ3) is 2.30. The fourth-order valence-electron chi connectivity index (χ4n) is 3.06. The van der Waals surface area contributed by atoms with Crippen LogP contribution < -0.4 is 5.73 Å². The van der Waals surface area contributed by atoms with Gasteiger partial charge < -0.3 is 15.4 Å². The Morgan fingerprint density at radius 1 is 1.42 bits per heavy atom. The zero-order chi connectivity index (χ0) is 13.4. The highest BCUT2D eigenvalue weighted by molar-refractivity contribution is 6.31. The molecular formula is C14H17ClN2O2. The third-order valence-corrected chi connectivity index (χ3v) is 4.22. The van der Waals surface area contributed by atoms with Gasteiger partial charge in [0.1, 0.15) is 0 Å². The Balaban J connectivity index is 1.86. The monoisotopic (exact) mass is 280 g/mol. The second-order valence-electron chi connectivity index (χ2n) is 5.14. The summed E-state index contributed by atoms with van der Waals surface area (Å²) in [7, 11) is 0. The van der Waals surface area contributed by atoms with E-state index in [4.69, 9.17) is 22.1 Å². The number of morpholine rings is 1. The van der Waals surface area contributed by atoms with Gasteiger partial charge in [-0.1, -0.05) is 11.6 Å². The summed E-state index contributed by atoms with van der Waals surface area (Å²) in [6.07, 6.45) is 3.38. The average molecular weight is 281 g/mol. The molecule has 0 aromatic heterocycles. The molecule has 19 heavy (non-hydrogen) atoms. The highest BCUT2D eigenvalue weighted by Crippen LogP contribution is 2.31. The lowest BCUT2D eigenvalue weighted by molar-refractivity contribution is -0.0445. The summed E-state index contributed by atoms with van der Waals surface area (Å²) >= 11 is 5.87. The lowest BCUT2D eigenvalue weighted by atomic mass is 10.1. The zero-order valence-electron chi connectivity index (χ0n) is 10.6. The Kier molecular flexibility index (Phi) is 3.37. The lowest BCUT2D eigenvalue weighted by Gasteiger charge is -2.37. The first-order valence-electron chi connectivity index (χ1n) is 6.64. The molecule has 4 nitrogen and oxygen atoms in total. The molecule has 5 heteroatoms. The van der Waals surface area contributed by atoms with E-state index in [1.807, 2.05) is 4.90 Å². The van der Waals surface area contributed by atoms with Gasteiger partial charge in [0.25, 0.3) is 5.91 Å². The van der Waals surface area contributed by atoms with Crippen molar-refractivity contribution in [1.82, 2.24) is 4.90 Å². The number of halogens is 1. The van der Waals surface area contributed by atoms with Crippen molar-refractivity contribution in [3.8, 4) is 0 Å². The summed E-state index contributed by atoms with van der Waals surface area (Å²) in [5.41, 5.74) is 6.88. The SMILES string of the molecule is Nc1cc(Cl)ccc1C(=O)N1CCOC2CCCC21. The second kappa shape index (κ2) is 5.02. The molecule has 1 aromatic rings. The fourth-order valence-corrected chi connectivity index (χ4v) is 3.24. The predicted octanol–water partition coefficient (Wildman–Crippen LogP) is 2.32. The number of carbonyl (C=O) groups excluding carboxylic acids is 1. The Morgan fingerprint density at radius 2 is 2.26 bits per heavy atom. The zero-order valence-corrected chi connectivity index (χ0v) is 11.4. The van der Waals surface area contributed by atoms with Crippen LogP contribution in [0.3, 0.4) is 0 Å². The highest BCUT2D eigenvalue weighted by atomic mass is 35.5. The molecule has 1 saturated carbocycles. The standard InChI is InChI=1S/C14H17ClN2O2/c15-9-4-5-10(11(16)8-9)14(18)17-6-7-19-13-3-1-2-12(13)17/h4-5,8,12-13H,1-3,6-7,16H2. The maximum atomic E-state index is 12.6. The molecule has 2 unspecified atom stereocenters. The van der Waals surface area contributed by atoms with Crippen LogP contribution in [0.25, 0.3) is 0 Å². The van der Waals surface area contributed by atoms with E-state index in [2.05, 4.69) is 0 Å². The van der Waals surface area contributed by atoms with Gasteiger partial charge in [-0.2, -0.15) is 0 Å². The predicted molar refractivity (Wildman–Crippen MR) is 74.3 cm³/mol. The van der Waals surface area contributed by atoms with Gasteiger partial charge in [0, 0.05) is 17.3 Å². The number of nitrogens with zero attached hydrogens (tertiary/aromatic N) is 1. The van der Waals surface area contributed by atoms with Crippen molar-refractivity contribution in [3.63, 3.8) is 0 Å². The molecule has 3 rings (SSSR count). The summed E-state index contributed by atoms with van der Waals surface area (Å²) in [5.74, 6) is -0.00522. The Labute approximate surface area is 117 Å². The van der Waals surface area contributed by atoms with Crippen molar-refractivity contribution in [3.05, 3.63) is 28.8 Å². The number of hydrogen-bond acceptors (Lipinski definition) is 3. The first-order chi connectivity index (χ1) is 9.16. The number of carbonyl (C=O) groups is 1. The van der Waals surface area contributed by atoms with Crippen molar-refractivity contribution in [2.24, 2.45) is 0 Å². The van der Waals surface area contributed by atoms with Gasteiger partial charge in [-0.15, -0.1) is 0 Å². The maximum Gasteiger partial charge on any atom is 0.256 e. The molecule has 1 aliphatic carbocycles. The first-order valence-corrected chi connectivity index (χ1v) is 7.02. The summed E-state index contributed by atoms with van der Waals surface area (Å²) in [4.78, 5) is 14.5. The van der Waals surface area contributed by atoms with Crippen LogP contribution in [0.15, 0.2) is 18.2 Å². The van der Waals surface area contributed by atoms with E-state index in [1.165, 1.54) is 0 Å². The lowest BCUT2D eigenvalue weighted by Crippen LogP contribution is -2.51. The Bertz CT molecular complexity index is 506. The van der Waals surface area contributed by atoms with E-state index < -0.39 is 0 Å². The van der Waals surface area contributed by atoms with Gasteiger partial charge in [0.15, 0.2) is 0 Å². The second-order valence-corrected chi connectivity index (χ2v) is 5.57. The fraction of sp³-hybridized carbons (Fsp3) is 0.500. The number of rotatable bonds is 1. The van der Waals surface area contributed by atoms with Crippen molar-refractivity contribution < 1.29 is 9.53 Å². The van der Waals surface area contributed by atoms with E-state index >= 15 is 0 Å². The quantitative estimate of drug-likeness (QED) is 0.803. The van der Waals surface area contributed by atoms with Crippen LogP contribution in [-0.2, 0) is 4.74 Å². The minimum Gasteiger partial charge on any atom is -0.398 e. The topological polar surface area (TPSA) is 55.6 Å².